The van der Waals surface area contributed by atoms with E-state index in [1.807, 2.05) is 0 Å². The molecule has 0 saturated heterocycles. The fourth-order valence-electron chi connectivity index (χ4n) is 5.49. The standard InChI is InChI=1S/C24H25.2CH3.ClH.H2Si.Zr/c1-4-9-22(23-16(2)14-18-10-5-7-12-20(18)23)24-17(3)15-19-11-6-8-13-21(19)24;;;;;/h5-8,10-15,22-24H,1,4,9H2,2-3H3;2*1H3;1H;1H2;. The molecule has 0 fully saturated rings. The molecule has 0 radical (unpaired) electrons. The third-order valence-electron chi connectivity index (χ3n) is 6.66. The summed E-state index contributed by atoms with van der Waals surface area (Å²) in [5.41, 5.74) is 9.12. The minimum absolute atomic E-state index is 0. The Morgan fingerprint density at radius 2 is 1.28 bits per heavy atom. The molecule has 3 heteroatoms. The zero-order valence-electron chi connectivity index (χ0n) is 18.2. The van der Waals surface area contributed by atoms with Crippen molar-refractivity contribution in [2.24, 2.45) is 5.92 Å². The quantitative estimate of drug-likeness (QED) is 0.362. The molecule has 2 aromatic carbocycles. The van der Waals surface area contributed by atoms with Gasteiger partial charge in [-0.2, -0.15) is 0 Å². The van der Waals surface area contributed by atoms with Crippen LogP contribution in [-0.2, 0) is 18.9 Å². The molecule has 0 bridgehead atoms. The predicted octanol–water partition coefficient (Wildman–Crippen LogP) is 7.42. The molecular formula is C26H34ClSiZr. The summed E-state index contributed by atoms with van der Waals surface area (Å²) in [7, 11) is 0. The van der Waals surface area contributed by atoms with Crippen molar-refractivity contribution in [2.45, 2.75) is 51.9 Å². The smallest absolute Gasteiger partial charge is 0.147 e. The van der Waals surface area contributed by atoms with Crippen LogP contribution in [0.1, 0.15) is 60.8 Å². The van der Waals surface area contributed by atoms with Crippen LogP contribution in [0.3, 0.4) is 0 Å². The van der Waals surface area contributed by atoms with Crippen molar-refractivity contribution in [3.8, 4) is 0 Å². The molecule has 29 heavy (non-hydrogen) atoms. The summed E-state index contributed by atoms with van der Waals surface area (Å²) >= 11 is -1.71. The van der Waals surface area contributed by atoms with Crippen LogP contribution in [-0.4, -0.2) is 6.88 Å². The molecule has 4 rings (SSSR count). The number of benzene rings is 2. The van der Waals surface area contributed by atoms with Crippen LogP contribution < -0.4 is 0 Å². The summed E-state index contributed by atoms with van der Waals surface area (Å²) in [6, 6.07) is 18.2. The van der Waals surface area contributed by atoms with E-state index in [-0.39, 0.29) is 12.4 Å². The van der Waals surface area contributed by atoms with Gasteiger partial charge >= 0.3 is 178 Å². The molecule has 2 aliphatic rings. The Morgan fingerprint density at radius 1 is 0.828 bits per heavy atom. The third-order valence-corrected chi connectivity index (χ3v) is 12.9. The predicted molar refractivity (Wildman–Crippen MR) is 131 cm³/mol. The second kappa shape index (κ2) is 9.21. The van der Waals surface area contributed by atoms with Gasteiger partial charge in [-0.15, -0.1) is 12.4 Å². The normalized spacial score (nSPS) is 21.0. The summed E-state index contributed by atoms with van der Waals surface area (Å²) in [4.78, 5) is 0. The SMILES string of the molecule is CC1=Cc2ccccc2C1C(CC[CH2][Zr]([CH3])([CH3])=[SiH2])C1C(C)=Cc2ccccc21.Cl. The van der Waals surface area contributed by atoms with Crippen molar-refractivity contribution >= 4 is 31.4 Å². The Labute approximate surface area is 189 Å². The van der Waals surface area contributed by atoms with Crippen LogP contribution in [0.25, 0.3) is 12.2 Å². The Kier molecular flexibility index (Phi) is 7.30. The van der Waals surface area contributed by atoms with E-state index in [2.05, 4.69) is 90.7 Å². The fourth-order valence-corrected chi connectivity index (χ4v) is 9.82. The Bertz CT molecular complexity index is 930. The number of halogens is 1. The summed E-state index contributed by atoms with van der Waals surface area (Å²) < 4.78 is 6.69. The number of allylic oxidation sites excluding steroid dienone is 2. The molecule has 153 valence electrons. The van der Waals surface area contributed by atoms with Gasteiger partial charge in [-0.3, -0.25) is 0 Å². The van der Waals surface area contributed by atoms with Gasteiger partial charge in [0.2, 0.25) is 0 Å². The number of hydrogen-bond donors (Lipinski definition) is 0. The number of hydrogen-bond acceptors (Lipinski definition) is 0. The van der Waals surface area contributed by atoms with Gasteiger partial charge in [-0.25, -0.2) is 0 Å². The van der Waals surface area contributed by atoms with Gasteiger partial charge in [-0.1, -0.05) is 0 Å². The van der Waals surface area contributed by atoms with E-state index >= 15 is 0 Å². The van der Waals surface area contributed by atoms with E-state index in [0.717, 1.165) is 0 Å². The first kappa shape index (κ1) is 23.0. The van der Waals surface area contributed by atoms with E-state index in [9.17, 15) is 0 Å². The van der Waals surface area contributed by atoms with Gasteiger partial charge in [-0.05, 0) is 0 Å². The Balaban J connectivity index is 0.00000240. The second-order valence-corrected chi connectivity index (χ2v) is 32.9. The largest absolute Gasteiger partial charge is 0.147 e. The van der Waals surface area contributed by atoms with Crippen molar-refractivity contribution in [1.29, 1.82) is 0 Å². The Morgan fingerprint density at radius 3 is 1.72 bits per heavy atom. The molecule has 0 aliphatic heterocycles. The summed E-state index contributed by atoms with van der Waals surface area (Å²) in [5, 5.41) is 0. The topological polar surface area (TPSA) is 0 Å². The first-order valence-corrected chi connectivity index (χ1v) is 23.3. The van der Waals surface area contributed by atoms with Crippen molar-refractivity contribution in [2.75, 3.05) is 0 Å². The first-order chi connectivity index (χ1) is 13.3. The van der Waals surface area contributed by atoms with Crippen LogP contribution in [0.4, 0.5) is 0 Å². The summed E-state index contributed by atoms with van der Waals surface area (Å²) in [5.74, 6) is 1.79. The van der Waals surface area contributed by atoms with E-state index in [4.69, 9.17) is 0 Å². The molecule has 2 aromatic rings. The van der Waals surface area contributed by atoms with Gasteiger partial charge < -0.3 is 0 Å². The van der Waals surface area contributed by atoms with E-state index in [1.165, 1.54) is 28.1 Å². The molecule has 0 amide bonds. The van der Waals surface area contributed by atoms with E-state index in [1.54, 1.807) is 22.3 Å². The van der Waals surface area contributed by atoms with Crippen molar-refractivity contribution < 1.29 is 18.9 Å². The number of rotatable bonds is 6. The van der Waals surface area contributed by atoms with E-state index in [0.29, 0.717) is 17.8 Å². The zero-order chi connectivity index (χ0) is 19.9. The zero-order valence-corrected chi connectivity index (χ0v) is 22.9. The van der Waals surface area contributed by atoms with Gasteiger partial charge in [0.25, 0.3) is 0 Å². The van der Waals surface area contributed by atoms with Crippen molar-refractivity contribution in [1.82, 2.24) is 0 Å². The molecule has 0 aromatic heterocycles. The maximum absolute atomic E-state index is 2.59. The van der Waals surface area contributed by atoms with Crippen LogP contribution in [0, 0.1) is 5.92 Å². The van der Waals surface area contributed by atoms with Gasteiger partial charge in [0.1, 0.15) is 0 Å². The molecule has 2 aliphatic carbocycles. The van der Waals surface area contributed by atoms with Crippen LogP contribution in [0.2, 0.25) is 13.4 Å². The molecule has 0 heterocycles. The number of fused-ring (bicyclic) bond motifs is 2. The van der Waals surface area contributed by atoms with Crippen LogP contribution in [0.15, 0.2) is 59.7 Å². The monoisotopic (exact) mass is 499 g/mol. The maximum Gasteiger partial charge on any atom is -0.147 e. The summed E-state index contributed by atoms with van der Waals surface area (Å²) in [6.45, 7) is 7.09. The van der Waals surface area contributed by atoms with Crippen molar-refractivity contribution in [3.63, 3.8) is 0 Å². The van der Waals surface area contributed by atoms with Crippen LogP contribution >= 0.6 is 12.4 Å². The van der Waals surface area contributed by atoms with Gasteiger partial charge in [0.15, 0.2) is 0 Å². The molecule has 0 N–H and O–H groups in total. The third kappa shape index (κ3) is 4.81. The van der Waals surface area contributed by atoms with Crippen molar-refractivity contribution in [3.05, 3.63) is 81.9 Å². The molecular weight excluding hydrogens is 467 g/mol. The average molecular weight is 501 g/mol. The first-order valence-electron chi connectivity index (χ1n) is 10.7. The Hall–Kier alpha value is -0.690. The minimum atomic E-state index is -1.71. The average Bonchev–Trinajstić information content (AvgIpc) is 3.14. The molecule has 0 saturated carbocycles. The maximum atomic E-state index is 2.59. The molecule has 0 spiro atoms. The molecule has 2 unspecified atom stereocenters. The van der Waals surface area contributed by atoms with Gasteiger partial charge in [0.05, 0.1) is 0 Å². The molecule has 0 nitrogen and oxygen atoms in total. The van der Waals surface area contributed by atoms with Gasteiger partial charge in [0, 0.05) is 0 Å². The second-order valence-electron chi connectivity index (χ2n) is 9.71. The minimum Gasteiger partial charge on any atom is -0.147 e. The fraction of sp³-hybridized carbons (Fsp3) is 0.385. The van der Waals surface area contributed by atoms with E-state index < -0.39 is 18.9 Å². The summed E-state index contributed by atoms with van der Waals surface area (Å²) in [6.07, 6.45) is 7.62. The molecule has 2 atom stereocenters. The van der Waals surface area contributed by atoms with Crippen LogP contribution in [0.5, 0.6) is 0 Å².